The molecule has 20 heavy (non-hydrogen) atoms. The highest BCUT2D eigenvalue weighted by Gasteiger charge is 2.19. The summed E-state index contributed by atoms with van der Waals surface area (Å²) in [6.07, 6.45) is 6.18. The van der Waals surface area contributed by atoms with Crippen molar-refractivity contribution in [1.82, 2.24) is 10.2 Å². The molecule has 1 amide bonds. The van der Waals surface area contributed by atoms with E-state index in [2.05, 4.69) is 43.2 Å². The first-order chi connectivity index (χ1) is 9.65. The van der Waals surface area contributed by atoms with Crippen LogP contribution in [0.25, 0.3) is 0 Å². The van der Waals surface area contributed by atoms with E-state index in [1.54, 1.807) is 0 Å². The molecule has 1 unspecified atom stereocenters. The van der Waals surface area contributed by atoms with Gasteiger partial charge in [0.2, 0.25) is 11.0 Å². The number of amides is 1. The molecule has 0 aromatic carbocycles. The maximum Gasteiger partial charge on any atom is 0.229 e. The van der Waals surface area contributed by atoms with Gasteiger partial charge in [0.25, 0.3) is 0 Å². The zero-order valence-corrected chi connectivity index (χ0v) is 13.9. The van der Waals surface area contributed by atoms with Gasteiger partial charge >= 0.3 is 0 Å². The number of carbonyl (C=O) groups excluding carboxylic acids is 1. The van der Waals surface area contributed by atoms with Crippen LogP contribution in [0, 0.1) is 5.92 Å². The molecule has 1 aromatic rings. The standard InChI is InChI=1S/C15H27N3OS/c1-5-9-10-12(8-4)13(19)16-15-18-17-14(20-15)11(6-2)7-3/h11-12H,5-10H2,1-4H3,(H,16,18,19). The molecule has 0 spiro atoms. The Labute approximate surface area is 126 Å². The molecule has 114 valence electrons. The molecule has 0 saturated heterocycles. The fraction of sp³-hybridized carbons (Fsp3) is 0.800. The molecular weight excluding hydrogens is 270 g/mol. The SMILES string of the molecule is CCCCC(CC)C(=O)Nc1nnc(C(CC)CC)s1. The van der Waals surface area contributed by atoms with Crippen molar-refractivity contribution in [2.75, 3.05) is 5.32 Å². The van der Waals surface area contributed by atoms with Gasteiger partial charge in [-0.1, -0.05) is 51.9 Å². The number of rotatable bonds is 9. The lowest BCUT2D eigenvalue weighted by molar-refractivity contribution is -0.120. The number of nitrogens with one attached hydrogen (secondary N) is 1. The second-order valence-corrected chi connectivity index (χ2v) is 6.20. The van der Waals surface area contributed by atoms with E-state index in [1.807, 2.05) is 0 Å². The van der Waals surface area contributed by atoms with Gasteiger partial charge < -0.3 is 5.32 Å². The molecule has 1 heterocycles. The topological polar surface area (TPSA) is 54.9 Å². The molecule has 1 rings (SSSR count). The first-order valence-electron chi connectivity index (χ1n) is 7.80. The Kier molecular flexibility index (Phi) is 7.73. The van der Waals surface area contributed by atoms with E-state index in [0.717, 1.165) is 43.5 Å². The van der Waals surface area contributed by atoms with Crippen molar-refractivity contribution in [2.45, 2.75) is 72.1 Å². The average molecular weight is 297 g/mol. The van der Waals surface area contributed by atoms with Crippen LogP contribution in [-0.2, 0) is 4.79 Å². The van der Waals surface area contributed by atoms with Crippen LogP contribution in [0.5, 0.6) is 0 Å². The third-order valence-electron chi connectivity index (χ3n) is 3.78. The predicted octanol–water partition coefficient (Wildman–Crippen LogP) is 4.60. The van der Waals surface area contributed by atoms with Crippen LogP contribution in [0.4, 0.5) is 5.13 Å². The Balaban J connectivity index is 2.61. The Morgan fingerprint density at radius 3 is 2.40 bits per heavy atom. The minimum atomic E-state index is 0.0909. The fourth-order valence-electron chi connectivity index (χ4n) is 2.27. The maximum absolute atomic E-state index is 12.2. The van der Waals surface area contributed by atoms with Crippen LogP contribution in [0.2, 0.25) is 0 Å². The molecular formula is C15H27N3OS. The largest absolute Gasteiger partial charge is 0.300 e. The zero-order chi connectivity index (χ0) is 15.0. The molecule has 1 N–H and O–H groups in total. The van der Waals surface area contributed by atoms with E-state index in [0.29, 0.717) is 11.0 Å². The molecule has 0 bridgehead atoms. The summed E-state index contributed by atoms with van der Waals surface area (Å²) in [7, 11) is 0. The summed E-state index contributed by atoms with van der Waals surface area (Å²) in [6, 6.07) is 0. The molecule has 0 aliphatic heterocycles. The number of aromatic nitrogens is 2. The zero-order valence-electron chi connectivity index (χ0n) is 13.1. The molecule has 0 fully saturated rings. The molecule has 0 aliphatic rings. The summed E-state index contributed by atoms with van der Waals surface area (Å²) < 4.78 is 0. The molecule has 5 heteroatoms. The Hall–Kier alpha value is -0.970. The summed E-state index contributed by atoms with van der Waals surface area (Å²) in [5, 5.41) is 12.9. The van der Waals surface area contributed by atoms with Gasteiger partial charge in [0.1, 0.15) is 5.01 Å². The third kappa shape index (κ3) is 4.85. The van der Waals surface area contributed by atoms with Gasteiger partial charge in [-0.2, -0.15) is 0 Å². The van der Waals surface area contributed by atoms with Crippen molar-refractivity contribution >= 4 is 22.4 Å². The van der Waals surface area contributed by atoms with Crippen molar-refractivity contribution in [1.29, 1.82) is 0 Å². The molecule has 1 aromatic heterocycles. The maximum atomic E-state index is 12.2. The Morgan fingerprint density at radius 1 is 1.15 bits per heavy atom. The van der Waals surface area contributed by atoms with Crippen molar-refractivity contribution in [3.63, 3.8) is 0 Å². The van der Waals surface area contributed by atoms with Crippen molar-refractivity contribution in [2.24, 2.45) is 5.92 Å². The van der Waals surface area contributed by atoms with Gasteiger partial charge in [-0.15, -0.1) is 10.2 Å². The first kappa shape index (κ1) is 17.1. The number of hydrogen-bond donors (Lipinski definition) is 1. The molecule has 0 radical (unpaired) electrons. The number of anilines is 1. The fourth-order valence-corrected chi connectivity index (χ4v) is 3.28. The molecule has 0 aliphatic carbocycles. The van der Waals surface area contributed by atoms with Crippen molar-refractivity contribution in [3.8, 4) is 0 Å². The third-order valence-corrected chi connectivity index (χ3v) is 4.78. The van der Waals surface area contributed by atoms with Crippen molar-refractivity contribution < 1.29 is 4.79 Å². The van der Waals surface area contributed by atoms with Crippen LogP contribution < -0.4 is 5.32 Å². The molecule has 0 saturated carbocycles. The predicted molar refractivity (Wildman–Crippen MR) is 85.2 cm³/mol. The summed E-state index contributed by atoms with van der Waals surface area (Å²) >= 11 is 1.52. The average Bonchev–Trinajstić information content (AvgIpc) is 2.89. The summed E-state index contributed by atoms with van der Waals surface area (Å²) in [5.41, 5.74) is 0. The number of carbonyl (C=O) groups is 1. The Bertz CT molecular complexity index is 402. The smallest absolute Gasteiger partial charge is 0.229 e. The number of nitrogens with zero attached hydrogens (tertiary/aromatic N) is 2. The monoisotopic (exact) mass is 297 g/mol. The highest BCUT2D eigenvalue weighted by atomic mass is 32.1. The van der Waals surface area contributed by atoms with E-state index in [-0.39, 0.29) is 11.8 Å². The van der Waals surface area contributed by atoms with E-state index in [4.69, 9.17) is 0 Å². The van der Waals surface area contributed by atoms with Gasteiger partial charge in [0, 0.05) is 11.8 Å². The van der Waals surface area contributed by atoms with Crippen LogP contribution in [0.3, 0.4) is 0 Å². The highest BCUT2D eigenvalue weighted by molar-refractivity contribution is 7.15. The van der Waals surface area contributed by atoms with Gasteiger partial charge in [0.15, 0.2) is 0 Å². The second-order valence-electron chi connectivity index (χ2n) is 5.20. The normalized spacial score (nSPS) is 12.7. The van der Waals surface area contributed by atoms with Crippen molar-refractivity contribution in [3.05, 3.63) is 5.01 Å². The van der Waals surface area contributed by atoms with E-state index in [1.165, 1.54) is 11.3 Å². The van der Waals surface area contributed by atoms with E-state index in [9.17, 15) is 4.79 Å². The van der Waals surface area contributed by atoms with Crippen LogP contribution in [-0.4, -0.2) is 16.1 Å². The lowest BCUT2D eigenvalue weighted by Crippen LogP contribution is -2.22. The van der Waals surface area contributed by atoms with Gasteiger partial charge in [0.05, 0.1) is 0 Å². The van der Waals surface area contributed by atoms with Crippen LogP contribution in [0.15, 0.2) is 0 Å². The second kappa shape index (κ2) is 9.06. The lowest BCUT2D eigenvalue weighted by Gasteiger charge is -2.12. The lowest BCUT2D eigenvalue weighted by atomic mass is 9.99. The molecule has 1 atom stereocenters. The summed E-state index contributed by atoms with van der Waals surface area (Å²) in [5.74, 6) is 0.642. The van der Waals surface area contributed by atoms with Gasteiger partial charge in [-0.05, 0) is 25.7 Å². The number of unbranched alkanes of at least 4 members (excludes halogenated alkanes) is 1. The van der Waals surface area contributed by atoms with Gasteiger partial charge in [-0.25, -0.2) is 0 Å². The van der Waals surface area contributed by atoms with E-state index >= 15 is 0 Å². The number of hydrogen-bond acceptors (Lipinski definition) is 4. The highest BCUT2D eigenvalue weighted by Crippen LogP contribution is 2.28. The van der Waals surface area contributed by atoms with Gasteiger partial charge in [-0.3, -0.25) is 4.79 Å². The minimum absolute atomic E-state index is 0.0909. The van der Waals surface area contributed by atoms with E-state index < -0.39 is 0 Å². The minimum Gasteiger partial charge on any atom is -0.300 e. The Morgan fingerprint density at radius 2 is 1.85 bits per heavy atom. The van der Waals surface area contributed by atoms with Crippen LogP contribution >= 0.6 is 11.3 Å². The summed E-state index contributed by atoms with van der Waals surface area (Å²) in [6.45, 7) is 8.53. The molecule has 4 nitrogen and oxygen atoms in total. The van der Waals surface area contributed by atoms with Crippen LogP contribution in [0.1, 0.15) is 77.1 Å². The quantitative estimate of drug-likeness (QED) is 0.725. The summed E-state index contributed by atoms with van der Waals surface area (Å²) in [4.78, 5) is 12.2. The first-order valence-corrected chi connectivity index (χ1v) is 8.61.